The molecule has 0 fully saturated rings. The van der Waals surface area contributed by atoms with Crippen molar-refractivity contribution in [1.29, 1.82) is 0 Å². The molecule has 3 N–H and O–H groups in total. The lowest BCUT2D eigenvalue weighted by atomic mass is 10.2. The number of aryl methyl sites for hydroxylation is 1. The van der Waals surface area contributed by atoms with Crippen molar-refractivity contribution < 1.29 is 0 Å². The van der Waals surface area contributed by atoms with E-state index in [0.717, 1.165) is 17.1 Å². The van der Waals surface area contributed by atoms with Gasteiger partial charge in [-0.1, -0.05) is 66.3 Å². The molecule has 4 nitrogen and oxygen atoms in total. The normalized spacial score (nSPS) is 10.7. The van der Waals surface area contributed by atoms with Crippen LogP contribution in [0.25, 0.3) is 11.4 Å². The molecule has 0 saturated heterocycles. The van der Waals surface area contributed by atoms with Crippen LogP contribution in [0.5, 0.6) is 0 Å². The lowest BCUT2D eigenvalue weighted by Crippen LogP contribution is -2.17. The fourth-order valence-electron chi connectivity index (χ4n) is 3.21. The van der Waals surface area contributed by atoms with E-state index in [4.69, 9.17) is 30.2 Å². The Morgan fingerprint density at radius 1 is 0.793 bits per heavy atom. The van der Waals surface area contributed by atoms with Crippen molar-refractivity contribution in [3.05, 3.63) is 101 Å². The first kappa shape index (κ1) is 19.1. The van der Waals surface area contributed by atoms with Crippen molar-refractivity contribution in [2.24, 2.45) is 0 Å². The third-order valence-corrected chi connectivity index (χ3v) is 5.30. The number of hydrogen-bond donors (Lipinski definition) is 2. The summed E-state index contributed by atoms with van der Waals surface area (Å²) in [6, 6.07) is 27.8. The summed E-state index contributed by atoms with van der Waals surface area (Å²) in [5.41, 5.74) is 11.1. The molecule has 0 bridgehead atoms. The zero-order valence-electron chi connectivity index (χ0n) is 15.9. The fourth-order valence-corrected chi connectivity index (χ4v) is 3.92. The van der Waals surface area contributed by atoms with Crippen molar-refractivity contribution in [3.63, 3.8) is 0 Å². The average molecular weight is 417 g/mol. The minimum Gasteiger partial charge on any atom is -0.383 e. The van der Waals surface area contributed by atoms with Crippen LogP contribution in [-0.2, 0) is 0 Å². The molecule has 1 aromatic heterocycles. The van der Waals surface area contributed by atoms with Gasteiger partial charge in [-0.15, -0.1) is 0 Å². The fraction of sp³-hybridized carbons (Fsp3) is 0.0435. The third-order valence-electron chi connectivity index (χ3n) is 4.64. The molecule has 4 aromatic rings. The lowest BCUT2D eigenvalue weighted by molar-refractivity contribution is 0.956. The molecule has 3 aromatic carbocycles. The van der Waals surface area contributed by atoms with Gasteiger partial charge in [0, 0.05) is 17.1 Å². The van der Waals surface area contributed by atoms with Crippen LogP contribution in [-0.4, -0.2) is 14.1 Å². The van der Waals surface area contributed by atoms with Gasteiger partial charge in [-0.05, 0) is 55.5 Å². The largest absolute Gasteiger partial charge is 0.383 e. The van der Waals surface area contributed by atoms with Gasteiger partial charge in [0.25, 0.3) is 0 Å². The second-order valence-corrected chi connectivity index (χ2v) is 7.45. The quantitative estimate of drug-likeness (QED) is 0.421. The summed E-state index contributed by atoms with van der Waals surface area (Å²) in [4.78, 5) is 0.509. The topological polar surface area (TPSA) is 47.9 Å². The van der Waals surface area contributed by atoms with Gasteiger partial charge in [0.15, 0.2) is 4.77 Å². The summed E-state index contributed by atoms with van der Waals surface area (Å²) in [5, 5.41) is 3.28. The van der Waals surface area contributed by atoms with Crippen LogP contribution >= 0.6 is 24.4 Å². The Kier molecular flexibility index (Phi) is 5.29. The smallest absolute Gasteiger partial charge is 0.191 e. The Morgan fingerprint density at radius 3 is 1.97 bits per heavy atom. The first-order valence-corrected chi connectivity index (χ1v) is 10.00. The maximum absolute atomic E-state index is 6.61. The summed E-state index contributed by atoms with van der Waals surface area (Å²) in [6.07, 6.45) is 0. The molecule has 0 aliphatic rings. The van der Waals surface area contributed by atoms with E-state index < -0.39 is 0 Å². The van der Waals surface area contributed by atoms with Gasteiger partial charge in [0.05, 0.1) is 0 Å². The second kappa shape index (κ2) is 8.03. The Labute approximate surface area is 180 Å². The molecule has 1 heterocycles. The van der Waals surface area contributed by atoms with E-state index in [9.17, 15) is 0 Å². The van der Waals surface area contributed by atoms with E-state index in [1.807, 2.05) is 101 Å². The maximum Gasteiger partial charge on any atom is 0.191 e. The minimum atomic E-state index is 0.496. The molecular weight excluding hydrogens is 396 g/mol. The number of aromatic nitrogens is 2. The third kappa shape index (κ3) is 3.72. The van der Waals surface area contributed by atoms with Crippen molar-refractivity contribution in [2.75, 3.05) is 11.1 Å². The Bertz CT molecular complexity index is 1210. The van der Waals surface area contributed by atoms with Crippen molar-refractivity contribution in [3.8, 4) is 11.4 Å². The van der Waals surface area contributed by atoms with Crippen molar-refractivity contribution >= 4 is 40.9 Å². The number of hydrogen-bond acceptors (Lipinski definition) is 3. The number of nitrogens with zero attached hydrogens (tertiary/aromatic N) is 2. The number of thiocarbonyl (C=S) groups is 1. The van der Waals surface area contributed by atoms with E-state index in [1.165, 1.54) is 5.56 Å². The van der Waals surface area contributed by atoms with E-state index in [0.29, 0.717) is 21.3 Å². The summed E-state index contributed by atoms with van der Waals surface area (Å²) in [5.74, 6) is 0.496. The summed E-state index contributed by atoms with van der Waals surface area (Å²) in [6.45, 7) is 2.05. The maximum atomic E-state index is 6.61. The molecule has 0 amide bonds. The molecule has 29 heavy (non-hydrogen) atoms. The molecule has 0 spiro atoms. The molecule has 0 saturated carbocycles. The molecule has 0 unspecified atom stereocenters. The Morgan fingerprint density at radius 2 is 1.34 bits per heavy atom. The van der Waals surface area contributed by atoms with Gasteiger partial charge >= 0.3 is 0 Å². The number of nitrogen functional groups attached to an aromatic ring is 1. The number of para-hydroxylation sites is 2. The van der Waals surface area contributed by atoms with E-state index in [-0.39, 0.29) is 0 Å². The van der Waals surface area contributed by atoms with E-state index in [1.54, 1.807) is 0 Å². The second-order valence-electron chi connectivity index (χ2n) is 6.68. The number of nitrogens with one attached hydrogen (secondary N) is 1. The highest BCUT2D eigenvalue weighted by Crippen LogP contribution is 2.27. The zero-order valence-corrected chi connectivity index (χ0v) is 17.5. The van der Waals surface area contributed by atoms with Gasteiger partial charge < -0.3 is 11.1 Å². The Balaban J connectivity index is 1.91. The summed E-state index contributed by atoms with van der Waals surface area (Å²) >= 11 is 11.6. The van der Waals surface area contributed by atoms with Crippen LogP contribution in [0.3, 0.4) is 0 Å². The van der Waals surface area contributed by atoms with Crippen LogP contribution in [0.2, 0.25) is 0 Å². The van der Waals surface area contributed by atoms with Gasteiger partial charge in [0.1, 0.15) is 16.5 Å². The van der Waals surface area contributed by atoms with Gasteiger partial charge in [-0.2, -0.15) is 0 Å². The lowest BCUT2D eigenvalue weighted by Gasteiger charge is -2.12. The predicted molar refractivity (Wildman–Crippen MR) is 127 cm³/mol. The number of imidazole rings is 1. The van der Waals surface area contributed by atoms with Crippen LogP contribution in [0.4, 0.5) is 11.5 Å². The standard InChI is InChI=1S/C23H20N4S2/c1-16-12-14-19(15-13-16)27-21(24)20(22(28)25-17-8-4-2-5-9-17)26(23(27)29)18-10-6-3-7-11-18/h2-15H,24H2,1H3,(H,25,28). The highest BCUT2D eigenvalue weighted by Gasteiger charge is 2.21. The molecule has 144 valence electrons. The molecule has 6 heteroatoms. The van der Waals surface area contributed by atoms with Crippen LogP contribution in [0.1, 0.15) is 11.3 Å². The van der Waals surface area contributed by atoms with Crippen LogP contribution in [0.15, 0.2) is 84.9 Å². The molecular formula is C23H20N4S2. The summed E-state index contributed by atoms with van der Waals surface area (Å²) < 4.78 is 4.34. The number of nitrogens with two attached hydrogens (primary N) is 1. The average Bonchev–Trinajstić information content (AvgIpc) is 3.00. The Hall–Kier alpha value is -3.22. The van der Waals surface area contributed by atoms with E-state index in [2.05, 4.69) is 5.32 Å². The zero-order chi connectivity index (χ0) is 20.4. The van der Waals surface area contributed by atoms with Crippen molar-refractivity contribution in [2.45, 2.75) is 6.92 Å². The summed E-state index contributed by atoms with van der Waals surface area (Å²) in [7, 11) is 0. The molecule has 0 aliphatic heterocycles. The monoisotopic (exact) mass is 416 g/mol. The first-order chi connectivity index (χ1) is 14.1. The number of anilines is 2. The van der Waals surface area contributed by atoms with E-state index >= 15 is 0 Å². The molecule has 4 rings (SSSR count). The predicted octanol–water partition coefficient (Wildman–Crippen LogP) is 5.68. The highest BCUT2D eigenvalue weighted by atomic mass is 32.1. The molecule has 0 atom stereocenters. The number of rotatable bonds is 4. The van der Waals surface area contributed by atoms with Gasteiger partial charge in [-0.25, -0.2) is 0 Å². The number of benzene rings is 3. The molecule has 0 radical (unpaired) electrons. The molecule has 0 aliphatic carbocycles. The van der Waals surface area contributed by atoms with Gasteiger partial charge in [-0.3, -0.25) is 9.13 Å². The van der Waals surface area contributed by atoms with Crippen molar-refractivity contribution in [1.82, 2.24) is 9.13 Å². The van der Waals surface area contributed by atoms with Crippen LogP contribution in [0, 0.1) is 11.7 Å². The highest BCUT2D eigenvalue weighted by molar-refractivity contribution is 7.81. The van der Waals surface area contributed by atoms with Gasteiger partial charge in [0.2, 0.25) is 0 Å². The minimum absolute atomic E-state index is 0.496. The first-order valence-electron chi connectivity index (χ1n) is 9.18. The van der Waals surface area contributed by atoms with Crippen LogP contribution < -0.4 is 11.1 Å². The SMILES string of the molecule is Cc1ccc(-n2c(N)c(C(=S)Nc3ccccc3)n(-c3ccccc3)c2=S)cc1.